The lowest BCUT2D eigenvalue weighted by molar-refractivity contribution is -0.121. The highest BCUT2D eigenvalue weighted by Gasteiger charge is 2.12. The van der Waals surface area contributed by atoms with Crippen molar-refractivity contribution in [3.8, 4) is 0 Å². The van der Waals surface area contributed by atoms with E-state index in [2.05, 4.69) is 10.2 Å². The second-order valence-corrected chi connectivity index (χ2v) is 3.69. The Morgan fingerprint density at radius 2 is 2.00 bits per heavy atom. The zero-order chi connectivity index (χ0) is 11.8. The van der Waals surface area contributed by atoms with Crippen LogP contribution in [0.3, 0.4) is 0 Å². The van der Waals surface area contributed by atoms with Crippen molar-refractivity contribution in [2.75, 3.05) is 27.2 Å². The van der Waals surface area contributed by atoms with Crippen molar-refractivity contribution in [3.05, 3.63) is 0 Å². The lowest BCUT2D eigenvalue weighted by atomic mass is 10.3. The third-order valence-electron chi connectivity index (χ3n) is 1.87. The van der Waals surface area contributed by atoms with Crippen molar-refractivity contribution in [2.24, 2.45) is 5.73 Å². The summed E-state index contributed by atoms with van der Waals surface area (Å²) in [6.45, 7) is 3.37. The van der Waals surface area contributed by atoms with Crippen LogP contribution in [0, 0.1) is 0 Å². The minimum Gasteiger partial charge on any atom is -0.351 e. The first-order chi connectivity index (χ1) is 6.93. The fourth-order valence-electron chi connectivity index (χ4n) is 1.04. The van der Waals surface area contributed by atoms with Gasteiger partial charge in [-0.2, -0.15) is 0 Å². The second kappa shape index (κ2) is 7.19. The smallest absolute Gasteiger partial charge is 0.318 e. The Labute approximate surface area is 90.2 Å². The van der Waals surface area contributed by atoms with Crippen LogP contribution in [0.2, 0.25) is 0 Å². The van der Waals surface area contributed by atoms with E-state index in [0.717, 1.165) is 19.5 Å². The largest absolute Gasteiger partial charge is 0.351 e. The minimum atomic E-state index is -0.818. The van der Waals surface area contributed by atoms with Crippen LogP contribution in [-0.2, 0) is 4.79 Å². The van der Waals surface area contributed by atoms with Crippen LogP contribution in [-0.4, -0.2) is 50.1 Å². The molecule has 0 aliphatic heterocycles. The first-order valence-electron chi connectivity index (χ1n) is 4.92. The lowest BCUT2D eigenvalue weighted by Gasteiger charge is -2.14. The summed E-state index contributed by atoms with van der Waals surface area (Å²) in [5.41, 5.74) is 4.82. The van der Waals surface area contributed by atoms with Gasteiger partial charge in [-0.15, -0.1) is 0 Å². The summed E-state index contributed by atoms with van der Waals surface area (Å²) in [5, 5.41) is 5.02. The van der Waals surface area contributed by atoms with Crippen LogP contribution in [0.25, 0.3) is 0 Å². The van der Waals surface area contributed by atoms with Gasteiger partial charge in [0.1, 0.15) is 0 Å². The van der Waals surface area contributed by atoms with Gasteiger partial charge in [0.05, 0.1) is 6.04 Å². The molecule has 6 heteroatoms. The Morgan fingerprint density at radius 3 is 2.47 bits per heavy atom. The summed E-state index contributed by atoms with van der Waals surface area (Å²) in [7, 11) is 3.98. The van der Waals surface area contributed by atoms with E-state index in [4.69, 9.17) is 5.73 Å². The van der Waals surface area contributed by atoms with Crippen molar-refractivity contribution >= 4 is 11.9 Å². The van der Waals surface area contributed by atoms with Gasteiger partial charge in [-0.3, -0.25) is 10.1 Å². The maximum atomic E-state index is 11.2. The fraction of sp³-hybridized carbons (Fsp3) is 0.778. The summed E-state index contributed by atoms with van der Waals surface area (Å²) in [6, 6.07) is -1.22. The summed E-state index contributed by atoms with van der Waals surface area (Å²) in [4.78, 5) is 23.7. The summed E-state index contributed by atoms with van der Waals surface area (Å²) < 4.78 is 0. The Kier molecular flexibility index (Phi) is 6.64. The highest BCUT2D eigenvalue weighted by molar-refractivity contribution is 5.96. The van der Waals surface area contributed by atoms with Gasteiger partial charge in [-0.05, 0) is 40.5 Å². The maximum Gasteiger partial charge on any atom is 0.318 e. The molecule has 0 aliphatic rings. The quantitative estimate of drug-likeness (QED) is 0.503. The van der Waals surface area contributed by atoms with E-state index in [1.54, 1.807) is 6.92 Å². The lowest BCUT2D eigenvalue weighted by Crippen LogP contribution is -2.46. The molecule has 0 aromatic carbocycles. The van der Waals surface area contributed by atoms with E-state index >= 15 is 0 Å². The molecule has 15 heavy (non-hydrogen) atoms. The van der Waals surface area contributed by atoms with Crippen LogP contribution in [0.1, 0.15) is 13.3 Å². The number of amides is 3. The standard InChI is InChI=1S/C9H20N4O2/c1-7(8(14)12-9(10)15)11-5-4-6-13(2)3/h7,11H,4-6H2,1-3H3,(H3,10,12,14,15). The van der Waals surface area contributed by atoms with E-state index < -0.39 is 18.0 Å². The molecular weight excluding hydrogens is 196 g/mol. The van der Waals surface area contributed by atoms with Crippen LogP contribution in [0.15, 0.2) is 0 Å². The van der Waals surface area contributed by atoms with E-state index in [1.165, 1.54) is 0 Å². The number of rotatable bonds is 6. The molecule has 0 saturated heterocycles. The van der Waals surface area contributed by atoms with Crippen molar-refractivity contribution in [3.63, 3.8) is 0 Å². The Bertz CT molecular complexity index is 218. The molecular formula is C9H20N4O2. The number of hydrogen-bond acceptors (Lipinski definition) is 4. The van der Waals surface area contributed by atoms with E-state index in [0.29, 0.717) is 0 Å². The highest BCUT2D eigenvalue weighted by atomic mass is 16.2. The zero-order valence-electron chi connectivity index (χ0n) is 9.54. The minimum absolute atomic E-state index is 0.396. The van der Waals surface area contributed by atoms with Crippen molar-refractivity contribution in [2.45, 2.75) is 19.4 Å². The monoisotopic (exact) mass is 216 g/mol. The van der Waals surface area contributed by atoms with Crippen molar-refractivity contribution in [1.82, 2.24) is 15.5 Å². The van der Waals surface area contributed by atoms with Gasteiger partial charge in [0, 0.05) is 0 Å². The Balaban J connectivity index is 3.60. The molecule has 3 amide bonds. The second-order valence-electron chi connectivity index (χ2n) is 3.69. The maximum absolute atomic E-state index is 11.2. The topological polar surface area (TPSA) is 87.5 Å². The van der Waals surface area contributed by atoms with Crippen molar-refractivity contribution < 1.29 is 9.59 Å². The highest BCUT2D eigenvalue weighted by Crippen LogP contribution is 1.85. The van der Waals surface area contributed by atoms with Gasteiger partial charge in [0.15, 0.2) is 0 Å². The molecule has 0 rings (SSSR count). The zero-order valence-corrected chi connectivity index (χ0v) is 9.54. The predicted octanol–water partition coefficient (Wildman–Crippen LogP) is -0.889. The van der Waals surface area contributed by atoms with Gasteiger partial charge in [-0.1, -0.05) is 0 Å². The first-order valence-corrected chi connectivity index (χ1v) is 4.92. The molecule has 0 spiro atoms. The first kappa shape index (κ1) is 13.9. The molecule has 0 radical (unpaired) electrons. The molecule has 1 atom stereocenters. The molecule has 0 aliphatic carbocycles. The molecule has 0 aromatic rings. The van der Waals surface area contributed by atoms with Crippen LogP contribution in [0.5, 0.6) is 0 Å². The predicted molar refractivity (Wildman–Crippen MR) is 58.4 cm³/mol. The number of urea groups is 1. The van der Waals surface area contributed by atoms with Crippen molar-refractivity contribution in [1.29, 1.82) is 0 Å². The van der Waals surface area contributed by atoms with E-state index in [9.17, 15) is 9.59 Å². The van der Waals surface area contributed by atoms with Gasteiger partial charge >= 0.3 is 6.03 Å². The van der Waals surface area contributed by atoms with E-state index in [1.807, 2.05) is 19.4 Å². The molecule has 0 saturated carbocycles. The van der Waals surface area contributed by atoms with Gasteiger partial charge in [-0.25, -0.2) is 4.79 Å². The third-order valence-corrected chi connectivity index (χ3v) is 1.87. The van der Waals surface area contributed by atoms with Crippen LogP contribution >= 0.6 is 0 Å². The Morgan fingerprint density at radius 1 is 1.40 bits per heavy atom. The summed E-state index contributed by atoms with van der Waals surface area (Å²) in [5.74, 6) is -0.396. The fourth-order valence-corrected chi connectivity index (χ4v) is 1.04. The number of hydrogen-bond donors (Lipinski definition) is 3. The molecule has 4 N–H and O–H groups in total. The molecule has 0 fully saturated rings. The number of nitrogens with zero attached hydrogens (tertiary/aromatic N) is 1. The molecule has 0 bridgehead atoms. The molecule has 1 unspecified atom stereocenters. The number of primary amides is 1. The molecule has 88 valence electrons. The van der Waals surface area contributed by atoms with Gasteiger partial charge in [0.25, 0.3) is 0 Å². The van der Waals surface area contributed by atoms with Gasteiger partial charge < -0.3 is 16.0 Å². The number of nitrogens with two attached hydrogens (primary N) is 1. The average Bonchev–Trinajstić information content (AvgIpc) is 2.10. The summed E-state index contributed by atoms with van der Waals surface area (Å²) in [6.07, 6.45) is 0.946. The molecule has 0 heterocycles. The number of nitrogens with one attached hydrogen (secondary N) is 2. The normalized spacial score (nSPS) is 12.5. The van der Waals surface area contributed by atoms with Gasteiger partial charge in [0.2, 0.25) is 5.91 Å². The number of carbonyl (C=O) groups is 2. The molecule has 6 nitrogen and oxygen atoms in total. The summed E-state index contributed by atoms with van der Waals surface area (Å²) >= 11 is 0. The Hall–Kier alpha value is -1.14. The third kappa shape index (κ3) is 7.90. The SMILES string of the molecule is CC(NCCCN(C)C)C(=O)NC(N)=O. The molecule has 0 aromatic heterocycles. The van der Waals surface area contributed by atoms with Crippen LogP contribution < -0.4 is 16.4 Å². The van der Waals surface area contributed by atoms with Crippen LogP contribution in [0.4, 0.5) is 4.79 Å². The number of carbonyl (C=O) groups excluding carboxylic acids is 2. The average molecular weight is 216 g/mol. The number of imide groups is 1. The van der Waals surface area contributed by atoms with E-state index in [-0.39, 0.29) is 0 Å².